The molecule has 9 atom stereocenters. The SMILES string of the molecule is CC1(c2cc(C3(C)CC4CCC3C4)c(S(=O)(=O)O)c(C3(C)CC4CCC3C4)c2)CC2CCC1C2. The Balaban J connectivity index is 1.49. The molecule has 0 heterocycles. The van der Waals surface area contributed by atoms with Crippen LogP contribution in [-0.4, -0.2) is 13.0 Å². The lowest BCUT2D eigenvalue weighted by atomic mass is 9.62. The van der Waals surface area contributed by atoms with E-state index in [-0.39, 0.29) is 16.2 Å². The Bertz CT molecular complexity index is 1100. The van der Waals surface area contributed by atoms with Crippen LogP contribution in [0, 0.1) is 35.5 Å². The predicted octanol–water partition coefficient (Wildman–Crippen LogP) is 7.17. The molecule has 6 bridgehead atoms. The third-order valence-electron chi connectivity index (χ3n) is 12.7. The number of fused-ring (bicyclic) bond motifs is 6. The van der Waals surface area contributed by atoms with Gasteiger partial charge in [-0.1, -0.05) is 52.2 Å². The quantitative estimate of drug-likeness (QED) is 0.463. The number of rotatable bonds is 4. The number of hydrogen-bond acceptors (Lipinski definition) is 2. The topological polar surface area (TPSA) is 54.4 Å². The fourth-order valence-corrected chi connectivity index (χ4v) is 12.1. The largest absolute Gasteiger partial charge is 0.295 e. The average molecular weight is 483 g/mol. The molecule has 6 saturated carbocycles. The maximum Gasteiger partial charge on any atom is 0.295 e. The lowest BCUT2D eigenvalue weighted by Gasteiger charge is -2.43. The summed E-state index contributed by atoms with van der Waals surface area (Å²) in [6.07, 6.45) is 14.9. The molecule has 6 aliphatic rings. The highest BCUT2D eigenvalue weighted by atomic mass is 32.2. The molecule has 0 spiro atoms. The first kappa shape index (κ1) is 22.3. The maximum absolute atomic E-state index is 13.3. The van der Waals surface area contributed by atoms with Crippen molar-refractivity contribution in [3.8, 4) is 0 Å². The van der Waals surface area contributed by atoms with Gasteiger partial charge in [-0.05, 0) is 126 Å². The van der Waals surface area contributed by atoms with Crippen molar-refractivity contribution in [1.82, 2.24) is 0 Å². The summed E-state index contributed by atoms with van der Waals surface area (Å²) in [5.74, 6) is 4.07. The fourth-order valence-electron chi connectivity index (χ4n) is 10.9. The van der Waals surface area contributed by atoms with E-state index in [9.17, 15) is 13.0 Å². The summed E-state index contributed by atoms with van der Waals surface area (Å²) >= 11 is 0. The van der Waals surface area contributed by atoms with Gasteiger partial charge in [-0.15, -0.1) is 0 Å². The van der Waals surface area contributed by atoms with E-state index in [4.69, 9.17) is 0 Å². The van der Waals surface area contributed by atoms with Crippen molar-refractivity contribution in [2.24, 2.45) is 35.5 Å². The summed E-state index contributed by atoms with van der Waals surface area (Å²) in [5.41, 5.74) is 3.24. The van der Waals surface area contributed by atoms with Crippen molar-refractivity contribution < 1.29 is 13.0 Å². The fraction of sp³-hybridized carbons (Fsp3) is 0.800. The smallest absolute Gasteiger partial charge is 0.282 e. The van der Waals surface area contributed by atoms with Gasteiger partial charge in [0, 0.05) is 0 Å². The zero-order valence-corrected chi connectivity index (χ0v) is 22.1. The van der Waals surface area contributed by atoms with E-state index in [1.165, 1.54) is 69.8 Å². The third kappa shape index (κ3) is 2.88. The summed E-state index contributed by atoms with van der Waals surface area (Å²) in [6.45, 7) is 7.14. The molecular weight excluding hydrogens is 440 g/mol. The molecule has 4 heteroatoms. The molecule has 0 saturated heterocycles. The molecule has 7 rings (SSSR count). The Morgan fingerprint density at radius 3 is 1.35 bits per heavy atom. The lowest BCUT2D eigenvalue weighted by molar-refractivity contribution is 0.266. The van der Waals surface area contributed by atoms with Crippen molar-refractivity contribution >= 4 is 10.1 Å². The van der Waals surface area contributed by atoms with Crippen molar-refractivity contribution in [3.63, 3.8) is 0 Å². The molecule has 3 nitrogen and oxygen atoms in total. The van der Waals surface area contributed by atoms with Gasteiger partial charge in [0.1, 0.15) is 4.90 Å². The van der Waals surface area contributed by atoms with Crippen molar-refractivity contribution in [1.29, 1.82) is 0 Å². The lowest BCUT2D eigenvalue weighted by Crippen LogP contribution is -2.37. The van der Waals surface area contributed by atoms with Crippen LogP contribution in [0.3, 0.4) is 0 Å². The molecule has 0 aromatic heterocycles. The minimum Gasteiger partial charge on any atom is -0.282 e. The van der Waals surface area contributed by atoms with Gasteiger partial charge in [0.05, 0.1) is 0 Å². The second kappa shape index (κ2) is 6.91. The average Bonchev–Trinajstić information content (AvgIpc) is 3.59. The highest BCUT2D eigenvalue weighted by Crippen LogP contribution is 2.63. The Hall–Kier alpha value is -0.870. The van der Waals surface area contributed by atoms with Crippen LogP contribution < -0.4 is 0 Å². The second-order valence-corrected chi connectivity index (χ2v) is 15.7. The van der Waals surface area contributed by atoms with Crippen LogP contribution in [0.4, 0.5) is 0 Å². The molecule has 6 fully saturated rings. The monoisotopic (exact) mass is 482 g/mol. The molecule has 0 aliphatic heterocycles. The molecule has 186 valence electrons. The van der Waals surface area contributed by atoms with Crippen LogP contribution >= 0.6 is 0 Å². The summed E-state index contributed by atoms with van der Waals surface area (Å²) < 4.78 is 37.4. The van der Waals surface area contributed by atoms with Gasteiger partial charge in [0.15, 0.2) is 0 Å². The second-order valence-electron chi connectivity index (χ2n) is 14.4. The van der Waals surface area contributed by atoms with Crippen molar-refractivity contribution in [2.75, 3.05) is 0 Å². The van der Waals surface area contributed by atoms with E-state index in [1.54, 1.807) is 0 Å². The Kier molecular flexibility index (Phi) is 4.54. The molecule has 0 amide bonds. The molecule has 9 unspecified atom stereocenters. The zero-order valence-electron chi connectivity index (χ0n) is 21.3. The van der Waals surface area contributed by atoms with E-state index in [0.717, 1.165) is 35.8 Å². The van der Waals surface area contributed by atoms with Gasteiger partial charge in [-0.3, -0.25) is 4.55 Å². The van der Waals surface area contributed by atoms with Gasteiger partial charge < -0.3 is 0 Å². The van der Waals surface area contributed by atoms with E-state index >= 15 is 0 Å². The minimum atomic E-state index is -4.32. The minimum absolute atomic E-state index is 0.138. The van der Waals surface area contributed by atoms with E-state index in [1.807, 2.05) is 0 Å². The van der Waals surface area contributed by atoms with Crippen molar-refractivity contribution in [2.45, 2.75) is 119 Å². The Morgan fingerprint density at radius 2 is 1.06 bits per heavy atom. The molecule has 1 N–H and O–H groups in total. The molecular formula is C30H42O3S. The van der Waals surface area contributed by atoms with Gasteiger partial charge in [-0.25, -0.2) is 0 Å². The van der Waals surface area contributed by atoms with E-state index < -0.39 is 10.1 Å². The van der Waals surface area contributed by atoms with Crippen LogP contribution in [-0.2, 0) is 26.4 Å². The first-order valence-corrected chi connectivity index (χ1v) is 15.6. The van der Waals surface area contributed by atoms with Crippen LogP contribution in [0.15, 0.2) is 17.0 Å². The van der Waals surface area contributed by atoms with Crippen LogP contribution in [0.25, 0.3) is 0 Å². The van der Waals surface area contributed by atoms with E-state index in [0.29, 0.717) is 28.6 Å². The van der Waals surface area contributed by atoms with Gasteiger partial charge in [0.2, 0.25) is 0 Å². The molecule has 34 heavy (non-hydrogen) atoms. The normalized spacial score (nSPS) is 48.9. The van der Waals surface area contributed by atoms with Crippen LogP contribution in [0.1, 0.15) is 115 Å². The summed E-state index contributed by atoms with van der Waals surface area (Å²) in [7, 11) is -4.32. The molecule has 1 aromatic carbocycles. The standard InChI is InChI=1S/C30H42O3S/c1-28(15-18-4-7-21(28)10-18)24-13-25(29(2)16-19-5-8-22(29)11-19)27(34(31,32)33)26(14-24)30(3)17-20-6-9-23(30)12-20/h13-14,18-23H,4-12,15-17H2,1-3H3,(H,31,32,33). The van der Waals surface area contributed by atoms with E-state index in [2.05, 4.69) is 32.9 Å². The van der Waals surface area contributed by atoms with Crippen LogP contribution in [0.5, 0.6) is 0 Å². The Morgan fingerprint density at radius 1 is 0.676 bits per heavy atom. The predicted molar refractivity (Wildman–Crippen MR) is 135 cm³/mol. The molecule has 6 aliphatic carbocycles. The maximum atomic E-state index is 13.3. The molecule has 0 radical (unpaired) electrons. The summed E-state index contributed by atoms with van der Waals surface area (Å²) in [4.78, 5) is 0.327. The van der Waals surface area contributed by atoms with Gasteiger partial charge in [0.25, 0.3) is 10.1 Å². The first-order chi connectivity index (χ1) is 16.0. The highest BCUT2D eigenvalue weighted by Gasteiger charge is 2.56. The Labute approximate surface area is 206 Å². The zero-order chi connectivity index (χ0) is 23.7. The van der Waals surface area contributed by atoms with Gasteiger partial charge in [-0.2, -0.15) is 8.42 Å². The van der Waals surface area contributed by atoms with Crippen LogP contribution in [0.2, 0.25) is 0 Å². The number of hydrogen-bond donors (Lipinski definition) is 1. The van der Waals surface area contributed by atoms with Crippen molar-refractivity contribution in [3.05, 3.63) is 28.8 Å². The summed E-state index contributed by atoms with van der Waals surface area (Å²) in [6, 6.07) is 4.62. The third-order valence-corrected chi connectivity index (χ3v) is 13.7. The number of benzene rings is 1. The molecule has 1 aromatic rings. The highest BCUT2D eigenvalue weighted by molar-refractivity contribution is 7.86. The summed E-state index contributed by atoms with van der Waals surface area (Å²) in [5, 5.41) is 0. The first-order valence-electron chi connectivity index (χ1n) is 14.2. The van der Waals surface area contributed by atoms with Gasteiger partial charge >= 0.3 is 0 Å².